The zero-order valence-corrected chi connectivity index (χ0v) is 14.8. The zero-order chi connectivity index (χ0) is 17.2. The molecule has 2 aromatic heterocycles. The summed E-state index contributed by atoms with van der Waals surface area (Å²) in [4.78, 5) is 18.0. The molecular weight excluding hydrogens is 332 g/mol. The molecule has 4 rings (SSSR count). The van der Waals surface area contributed by atoms with Gasteiger partial charge in [0.05, 0.1) is 22.2 Å². The highest BCUT2D eigenvalue weighted by Gasteiger charge is 2.10. The first kappa shape index (κ1) is 15.8. The number of hydrogen-bond acceptors (Lipinski definition) is 4. The molecule has 0 unspecified atom stereocenters. The Morgan fingerprint density at radius 3 is 2.76 bits per heavy atom. The normalized spacial score (nSPS) is 12.3. The molecular formula is C20H18N2O2S. The second-order valence-electron chi connectivity index (χ2n) is 5.91. The lowest BCUT2D eigenvalue weighted by Crippen LogP contribution is -2.22. The summed E-state index contributed by atoms with van der Waals surface area (Å²) in [5, 5.41) is 0. The van der Waals surface area contributed by atoms with Crippen molar-refractivity contribution in [2.75, 3.05) is 6.61 Å². The van der Waals surface area contributed by atoms with Gasteiger partial charge in [0.2, 0.25) is 0 Å². The van der Waals surface area contributed by atoms with Gasteiger partial charge in [-0.05, 0) is 42.3 Å². The third kappa shape index (κ3) is 3.03. The molecule has 0 saturated carbocycles. The van der Waals surface area contributed by atoms with Crippen molar-refractivity contribution in [2.24, 2.45) is 0 Å². The van der Waals surface area contributed by atoms with Crippen LogP contribution < -0.4 is 14.8 Å². The number of hydrogen-bond donors (Lipinski definition) is 0. The molecule has 2 aromatic carbocycles. The number of para-hydroxylation sites is 2. The smallest absolute Gasteiger partial charge is 0.274 e. The second-order valence-corrected chi connectivity index (χ2v) is 6.91. The van der Waals surface area contributed by atoms with Gasteiger partial charge in [-0.2, -0.15) is 0 Å². The topological polar surface area (TPSA) is 43.6 Å². The van der Waals surface area contributed by atoms with E-state index < -0.39 is 0 Å². The van der Waals surface area contributed by atoms with Crippen LogP contribution in [0.4, 0.5) is 0 Å². The molecule has 25 heavy (non-hydrogen) atoms. The molecule has 0 radical (unpaired) electrons. The van der Waals surface area contributed by atoms with Crippen molar-refractivity contribution >= 4 is 33.4 Å². The minimum absolute atomic E-state index is 0.0167. The molecule has 0 atom stereocenters. The lowest BCUT2D eigenvalue weighted by molar-refractivity contribution is 0.309. The fourth-order valence-corrected chi connectivity index (χ4v) is 3.74. The first-order chi connectivity index (χ1) is 12.3. The highest BCUT2D eigenvalue weighted by Crippen LogP contribution is 2.16. The van der Waals surface area contributed by atoms with Gasteiger partial charge >= 0.3 is 0 Å². The molecule has 0 aliphatic heterocycles. The Morgan fingerprint density at radius 2 is 1.96 bits per heavy atom. The Labute approximate surface area is 149 Å². The van der Waals surface area contributed by atoms with Crippen molar-refractivity contribution in [3.63, 3.8) is 0 Å². The number of aromatic nitrogens is 2. The van der Waals surface area contributed by atoms with E-state index in [1.807, 2.05) is 54.6 Å². The van der Waals surface area contributed by atoms with E-state index >= 15 is 0 Å². The third-order valence-corrected chi connectivity index (χ3v) is 5.06. The maximum Gasteiger partial charge on any atom is 0.274 e. The van der Waals surface area contributed by atoms with E-state index in [2.05, 4.69) is 11.9 Å². The highest BCUT2D eigenvalue weighted by molar-refractivity contribution is 7.15. The average Bonchev–Trinajstić information content (AvgIpc) is 3.13. The molecule has 0 aliphatic carbocycles. The van der Waals surface area contributed by atoms with Crippen LogP contribution in [0.2, 0.25) is 0 Å². The Bertz CT molecular complexity index is 1130. The summed E-state index contributed by atoms with van der Waals surface area (Å²) in [6.07, 6.45) is 4.08. The van der Waals surface area contributed by atoms with Crippen LogP contribution in [0.25, 0.3) is 22.1 Å². The predicted octanol–water partition coefficient (Wildman–Crippen LogP) is 3.64. The van der Waals surface area contributed by atoms with Gasteiger partial charge in [-0.15, -0.1) is 0 Å². The minimum Gasteiger partial charge on any atom is -0.494 e. The average molecular weight is 350 g/mol. The molecule has 126 valence electrons. The summed E-state index contributed by atoms with van der Waals surface area (Å²) in [5.74, 6) is 0.861. The second kappa shape index (κ2) is 6.69. The third-order valence-electron chi connectivity index (χ3n) is 4.09. The van der Waals surface area contributed by atoms with E-state index in [9.17, 15) is 4.79 Å². The molecule has 0 N–H and O–H groups in total. The number of rotatable bonds is 5. The predicted molar refractivity (Wildman–Crippen MR) is 102 cm³/mol. The van der Waals surface area contributed by atoms with Crippen LogP contribution in [0.1, 0.15) is 25.3 Å². The van der Waals surface area contributed by atoms with Crippen molar-refractivity contribution in [3.05, 3.63) is 69.0 Å². The van der Waals surface area contributed by atoms with Crippen molar-refractivity contribution in [1.29, 1.82) is 0 Å². The van der Waals surface area contributed by atoms with Crippen LogP contribution >= 0.6 is 11.3 Å². The Kier molecular flexibility index (Phi) is 4.24. The molecule has 2 heterocycles. The Balaban J connectivity index is 1.69. The molecule has 0 amide bonds. The van der Waals surface area contributed by atoms with Gasteiger partial charge < -0.3 is 4.74 Å². The van der Waals surface area contributed by atoms with E-state index in [-0.39, 0.29) is 5.56 Å². The van der Waals surface area contributed by atoms with Gasteiger partial charge in [0, 0.05) is 0 Å². The van der Waals surface area contributed by atoms with E-state index in [1.54, 1.807) is 4.40 Å². The summed E-state index contributed by atoms with van der Waals surface area (Å²) in [6.45, 7) is 2.88. The zero-order valence-electron chi connectivity index (χ0n) is 13.9. The number of ether oxygens (including phenoxy) is 1. The Morgan fingerprint density at radius 1 is 1.16 bits per heavy atom. The van der Waals surface area contributed by atoms with E-state index in [4.69, 9.17) is 4.74 Å². The summed E-state index contributed by atoms with van der Waals surface area (Å²) in [5.41, 5.74) is 2.68. The van der Waals surface area contributed by atoms with Crippen LogP contribution in [-0.2, 0) is 0 Å². The van der Waals surface area contributed by atoms with Crippen molar-refractivity contribution in [2.45, 2.75) is 19.8 Å². The largest absolute Gasteiger partial charge is 0.494 e. The van der Waals surface area contributed by atoms with Crippen molar-refractivity contribution in [3.8, 4) is 5.75 Å². The van der Waals surface area contributed by atoms with Crippen molar-refractivity contribution in [1.82, 2.24) is 9.38 Å². The number of imidazole rings is 1. The van der Waals surface area contributed by atoms with Crippen LogP contribution in [0.15, 0.2) is 53.3 Å². The number of nitrogens with zero attached hydrogens (tertiary/aromatic N) is 2. The van der Waals surface area contributed by atoms with E-state index in [0.717, 1.165) is 46.8 Å². The van der Waals surface area contributed by atoms with E-state index in [0.29, 0.717) is 4.53 Å². The number of unbranched alkanes of at least 4 members (excludes halogenated alkanes) is 1. The quantitative estimate of drug-likeness (QED) is 0.516. The summed E-state index contributed by atoms with van der Waals surface area (Å²) < 4.78 is 8.05. The SMILES string of the molecule is CCCCOc1ccc(/C=c2/sc3nc4ccccc4n3c2=O)cc1. The Hall–Kier alpha value is -2.66. The fraction of sp³-hybridized carbons (Fsp3) is 0.200. The molecule has 4 nitrogen and oxygen atoms in total. The lowest BCUT2D eigenvalue weighted by Gasteiger charge is -2.04. The van der Waals surface area contributed by atoms with Crippen LogP contribution in [0.5, 0.6) is 5.75 Å². The highest BCUT2D eigenvalue weighted by atomic mass is 32.1. The molecule has 0 spiro atoms. The molecule has 0 bridgehead atoms. The standard InChI is InChI=1S/C20H18N2O2S/c1-2-3-12-24-15-10-8-14(9-11-15)13-18-19(23)22-17-7-5-4-6-16(17)21-20(22)25-18/h4-11,13H,2-3,12H2,1H3/b18-13+. The molecule has 4 aromatic rings. The molecule has 0 aliphatic rings. The first-order valence-corrected chi connectivity index (χ1v) is 9.22. The maximum atomic E-state index is 12.7. The van der Waals surface area contributed by atoms with Gasteiger partial charge in [-0.25, -0.2) is 9.38 Å². The molecule has 5 heteroatoms. The molecule has 0 fully saturated rings. The van der Waals surface area contributed by atoms with Gasteiger partial charge in [-0.1, -0.05) is 48.9 Å². The maximum absolute atomic E-state index is 12.7. The van der Waals surface area contributed by atoms with E-state index in [1.165, 1.54) is 11.3 Å². The number of benzene rings is 2. The number of fused-ring (bicyclic) bond motifs is 3. The van der Waals surface area contributed by atoms with Crippen LogP contribution in [0.3, 0.4) is 0 Å². The number of thiazole rings is 1. The monoisotopic (exact) mass is 350 g/mol. The first-order valence-electron chi connectivity index (χ1n) is 8.41. The summed E-state index contributed by atoms with van der Waals surface area (Å²) >= 11 is 1.42. The minimum atomic E-state index is -0.0167. The van der Waals surface area contributed by atoms with Crippen LogP contribution in [0, 0.1) is 0 Å². The van der Waals surface area contributed by atoms with Gasteiger partial charge in [0.1, 0.15) is 5.75 Å². The fourth-order valence-electron chi connectivity index (χ4n) is 2.76. The van der Waals surface area contributed by atoms with Gasteiger partial charge in [-0.3, -0.25) is 4.79 Å². The molecule has 0 saturated heterocycles. The van der Waals surface area contributed by atoms with Gasteiger partial charge in [0.15, 0.2) is 4.96 Å². The van der Waals surface area contributed by atoms with Gasteiger partial charge in [0.25, 0.3) is 5.56 Å². The summed E-state index contributed by atoms with van der Waals surface area (Å²) in [7, 11) is 0. The van der Waals surface area contributed by atoms with Crippen LogP contribution in [-0.4, -0.2) is 16.0 Å². The summed E-state index contributed by atoms with van der Waals surface area (Å²) in [6, 6.07) is 15.5. The van der Waals surface area contributed by atoms with Crippen molar-refractivity contribution < 1.29 is 4.74 Å². The lowest BCUT2D eigenvalue weighted by atomic mass is 10.2.